The van der Waals surface area contributed by atoms with Crippen LogP contribution in [-0.2, 0) is 13.5 Å². The highest BCUT2D eigenvalue weighted by molar-refractivity contribution is 7.07. The molecule has 5 nitrogen and oxygen atoms in total. The number of aryl methyl sites for hydroxylation is 1. The molecule has 0 saturated heterocycles. The lowest BCUT2D eigenvalue weighted by Crippen LogP contribution is -2.26. The van der Waals surface area contributed by atoms with Crippen molar-refractivity contribution in [3.05, 3.63) is 38.9 Å². The van der Waals surface area contributed by atoms with E-state index in [-0.39, 0.29) is 17.1 Å². The topological polar surface area (TPSA) is 67.2 Å². The average Bonchev–Trinajstić information content (AvgIpc) is 2.92. The molecule has 0 atom stereocenters. The summed E-state index contributed by atoms with van der Waals surface area (Å²) in [6.45, 7) is 5.96. The van der Waals surface area contributed by atoms with E-state index in [0.717, 1.165) is 17.7 Å². The molecule has 2 aromatic heterocycles. The number of rotatable bonds is 1. The summed E-state index contributed by atoms with van der Waals surface area (Å²) in [6, 6.07) is 0. The van der Waals surface area contributed by atoms with Gasteiger partial charge >= 0.3 is 0 Å². The Labute approximate surface area is 132 Å². The number of nitrogens with one attached hydrogen (secondary N) is 1. The van der Waals surface area contributed by atoms with Crippen LogP contribution in [0.15, 0.2) is 16.6 Å². The van der Waals surface area contributed by atoms with Gasteiger partial charge in [-0.2, -0.15) is 4.99 Å². The van der Waals surface area contributed by atoms with E-state index in [9.17, 15) is 9.59 Å². The van der Waals surface area contributed by atoms with Gasteiger partial charge in [-0.05, 0) is 24.3 Å². The van der Waals surface area contributed by atoms with Gasteiger partial charge in [0.1, 0.15) is 5.69 Å². The second-order valence-electron chi connectivity index (χ2n) is 6.63. The van der Waals surface area contributed by atoms with Crippen molar-refractivity contribution in [1.29, 1.82) is 0 Å². The fourth-order valence-corrected chi connectivity index (χ4v) is 3.75. The second-order valence-corrected chi connectivity index (χ2v) is 7.51. The van der Waals surface area contributed by atoms with E-state index in [2.05, 4.69) is 23.8 Å². The van der Waals surface area contributed by atoms with Crippen molar-refractivity contribution >= 4 is 23.0 Å². The normalized spacial score (nSPS) is 17.6. The van der Waals surface area contributed by atoms with Crippen LogP contribution in [0.25, 0.3) is 0 Å². The Balaban J connectivity index is 2.06. The molecule has 22 heavy (non-hydrogen) atoms. The first-order valence-corrected chi connectivity index (χ1v) is 8.10. The molecular formula is C16H19N3O2S. The van der Waals surface area contributed by atoms with Crippen molar-refractivity contribution in [2.45, 2.75) is 33.6 Å². The van der Waals surface area contributed by atoms with Gasteiger partial charge in [-0.3, -0.25) is 9.59 Å². The van der Waals surface area contributed by atoms with E-state index in [1.807, 2.05) is 25.5 Å². The van der Waals surface area contributed by atoms with Gasteiger partial charge in [0.05, 0.1) is 0 Å². The number of hydrogen-bond acceptors (Lipinski definition) is 3. The van der Waals surface area contributed by atoms with Crippen LogP contribution in [0.2, 0.25) is 0 Å². The monoisotopic (exact) mass is 317 g/mol. The number of H-pyrrole nitrogens is 1. The lowest BCUT2D eigenvalue weighted by atomic mass is 9.75. The van der Waals surface area contributed by atoms with Gasteiger partial charge in [0.2, 0.25) is 0 Å². The molecule has 1 N–H and O–H groups in total. The fourth-order valence-electron chi connectivity index (χ4n) is 3.02. The van der Waals surface area contributed by atoms with Crippen molar-refractivity contribution in [3.8, 4) is 0 Å². The molecular weight excluding hydrogens is 298 g/mol. The number of aromatic amines is 1. The van der Waals surface area contributed by atoms with Crippen LogP contribution < -0.4 is 4.80 Å². The lowest BCUT2D eigenvalue weighted by molar-refractivity contribution is 0.0910. The van der Waals surface area contributed by atoms with E-state index in [1.165, 1.54) is 11.3 Å². The molecule has 0 aromatic carbocycles. The number of fused-ring (bicyclic) bond motifs is 1. The van der Waals surface area contributed by atoms with Crippen LogP contribution in [0.3, 0.4) is 0 Å². The molecule has 0 aliphatic heterocycles. The van der Waals surface area contributed by atoms with Crippen LogP contribution in [0, 0.1) is 12.3 Å². The zero-order valence-corrected chi connectivity index (χ0v) is 14.0. The van der Waals surface area contributed by atoms with E-state index in [1.54, 1.807) is 4.57 Å². The highest BCUT2D eigenvalue weighted by Crippen LogP contribution is 2.36. The van der Waals surface area contributed by atoms with Crippen molar-refractivity contribution in [2.24, 2.45) is 17.5 Å². The van der Waals surface area contributed by atoms with E-state index in [4.69, 9.17) is 0 Å². The number of thiazole rings is 1. The molecule has 2 aromatic rings. The first-order chi connectivity index (χ1) is 10.3. The van der Waals surface area contributed by atoms with Crippen LogP contribution in [0.1, 0.15) is 52.4 Å². The highest BCUT2D eigenvalue weighted by atomic mass is 32.1. The minimum Gasteiger partial charge on any atom is -0.353 e. The number of aromatic nitrogens is 2. The Bertz CT molecular complexity index is 836. The first-order valence-electron chi connectivity index (χ1n) is 7.22. The number of amides is 1. The van der Waals surface area contributed by atoms with Gasteiger partial charge < -0.3 is 9.55 Å². The van der Waals surface area contributed by atoms with E-state index in [0.29, 0.717) is 22.5 Å². The molecule has 0 fully saturated rings. The molecule has 1 aliphatic rings. The number of hydrogen-bond donors (Lipinski definition) is 1. The molecule has 0 radical (unpaired) electrons. The third-order valence-corrected chi connectivity index (χ3v) is 4.92. The number of ketones is 1. The van der Waals surface area contributed by atoms with E-state index >= 15 is 0 Å². The third-order valence-electron chi connectivity index (χ3n) is 4.07. The standard InChI is InChI=1S/C16H19N3O2S/c1-9-12-10(7-16(2,3)8-11(12)20)17-13(9)14(21)18-15-19(4)5-6-22-15/h5-6,17H,7-8H2,1-4H3. The smallest absolute Gasteiger partial charge is 0.296 e. The zero-order valence-electron chi connectivity index (χ0n) is 13.2. The minimum absolute atomic E-state index is 0.0704. The molecule has 0 unspecified atom stereocenters. The molecule has 2 heterocycles. The number of carbonyl (C=O) groups is 2. The van der Waals surface area contributed by atoms with Gasteiger partial charge in [0.15, 0.2) is 10.6 Å². The van der Waals surface area contributed by atoms with Gasteiger partial charge in [-0.1, -0.05) is 13.8 Å². The predicted molar refractivity (Wildman–Crippen MR) is 85.1 cm³/mol. The molecule has 0 saturated carbocycles. The van der Waals surface area contributed by atoms with Crippen molar-refractivity contribution in [1.82, 2.24) is 9.55 Å². The highest BCUT2D eigenvalue weighted by Gasteiger charge is 2.35. The number of carbonyl (C=O) groups excluding carboxylic acids is 2. The van der Waals surface area contributed by atoms with Gasteiger partial charge in [0.25, 0.3) is 5.91 Å². The first kappa shape index (κ1) is 15.0. The van der Waals surface area contributed by atoms with Crippen molar-refractivity contribution in [2.75, 3.05) is 0 Å². The Morgan fingerprint density at radius 2 is 2.14 bits per heavy atom. The van der Waals surface area contributed by atoms with Crippen LogP contribution in [0.4, 0.5) is 0 Å². The number of Topliss-reactive ketones (excluding diaryl/α,β-unsaturated/α-hetero) is 1. The van der Waals surface area contributed by atoms with Crippen LogP contribution in [0.5, 0.6) is 0 Å². The quantitative estimate of drug-likeness (QED) is 0.878. The van der Waals surface area contributed by atoms with Gasteiger partial charge in [-0.25, -0.2) is 0 Å². The average molecular weight is 317 g/mol. The largest absolute Gasteiger partial charge is 0.353 e. The van der Waals surface area contributed by atoms with Crippen LogP contribution >= 0.6 is 11.3 Å². The summed E-state index contributed by atoms with van der Waals surface area (Å²) in [6.07, 6.45) is 3.15. The maximum absolute atomic E-state index is 12.5. The molecule has 1 aliphatic carbocycles. The molecule has 1 amide bonds. The van der Waals surface area contributed by atoms with Crippen molar-refractivity contribution in [3.63, 3.8) is 0 Å². The maximum atomic E-state index is 12.5. The Morgan fingerprint density at radius 3 is 2.77 bits per heavy atom. The fraction of sp³-hybridized carbons (Fsp3) is 0.438. The predicted octanol–water partition coefficient (Wildman–Crippen LogP) is 2.62. The zero-order chi connectivity index (χ0) is 16.1. The van der Waals surface area contributed by atoms with Gasteiger partial charge in [-0.15, -0.1) is 11.3 Å². The molecule has 116 valence electrons. The minimum atomic E-state index is -0.324. The van der Waals surface area contributed by atoms with Crippen molar-refractivity contribution < 1.29 is 9.59 Å². The molecule has 3 rings (SSSR count). The molecule has 0 spiro atoms. The molecule has 0 bridgehead atoms. The number of nitrogens with zero attached hydrogens (tertiary/aromatic N) is 2. The summed E-state index contributed by atoms with van der Waals surface area (Å²) in [7, 11) is 1.85. The SMILES string of the molecule is Cc1c(C(=O)N=c2sccn2C)[nH]c2c1C(=O)CC(C)(C)C2. The molecule has 6 heteroatoms. The van der Waals surface area contributed by atoms with E-state index < -0.39 is 0 Å². The van der Waals surface area contributed by atoms with Crippen LogP contribution in [-0.4, -0.2) is 21.2 Å². The lowest BCUT2D eigenvalue weighted by Gasteiger charge is -2.28. The third kappa shape index (κ3) is 2.47. The Morgan fingerprint density at radius 1 is 1.41 bits per heavy atom. The summed E-state index contributed by atoms with van der Waals surface area (Å²) >= 11 is 1.41. The summed E-state index contributed by atoms with van der Waals surface area (Å²) in [4.78, 5) is 32.8. The Hall–Kier alpha value is -1.95. The second kappa shape index (κ2) is 5.05. The summed E-state index contributed by atoms with van der Waals surface area (Å²) in [5.41, 5.74) is 2.65. The Kier molecular flexibility index (Phi) is 3.44. The van der Waals surface area contributed by atoms with Gasteiger partial charge in [0, 0.05) is 36.3 Å². The summed E-state index contributed by atoms with van der Waals surface area (Å²) in [5, 5.41) is 1.88. The summed E-state index contributed by atoms with van der Waals surface area (Å²) in [5.74, 6) is -0.212. The maximum Gasteiger partial charge on any atom is 0.296 e. The summed E-state index contributed by atoms with van der Waals surface area (Å²) < 4.78 is 1.80.